The molecule has 1 aliphatic rings. The zero-order valence-electron chi connectivity index (χ0n) is 18.4. The third-order valence-electron chi connectivity index (χ3n) is 4.99. The summed E-state index contributed by atoms with van der Waals surface area (Å²) >= 11 is 2.85. The highest BCUT2D eigenvalue weighted by Gasteiger charge is 2.28. The van der Waals surface area contributed by atoms with Gasteiger partial charge < -0.3 is 14.8 Å². The number of aryl methyl sites for hydroxylation is 1. The van der Waals surface area contributed by atoms with Crippen LogP contribution in [-0.2, 0) is 31.9 Å². The van der Waals surface area contributed by atoms with Gasteiger partial charge >= 0.3 is 11.9 Å². The number of rotatable bonds is 7. The van der Waals surface area contributed by atoms with E-state index in [-0.39, 0.29) is 6.10 Å². The van der Waals surface area contributed by atoms with Crippen LogP contribution in [0, 0.1) is 0 Å². The number of thiophene rings is 1. The van der Waals surface area contributed by atoms with Gasteiger partial charge in [0.2, 0.25) is 0 Å². The zero-order chi connectivity index (χ0) is 23.4. The third-order valence-corrected chi connectivity index (χ3v) is 7.20. The Balaban J connectivity index is 1.37. The zero-order valence-corrected chi connectivity index (χ0v) is 20.0. The van der Waals surface area contributed by atoms with Crippen LogP contribution in [0.3, 0.4) is 0 Å². The normalized spacial score (nSPS) is 13.3. The predicted molar refractivity (Wildman–Crippen MR) is 130 cm³/mol. The lowest BCUT2D eigenvalue weighted by Crippen LogP contribution is -2.22. The van der Waals surface area contributed by atoms with E-state index in [1.54, 1.807) is 19.9 Å². The minimum Gasteiger partial charge on any atom is -0.459 e. The van der Waals surface area contributed by atoms with Gasteiger partial charge in [-0.1, -0.05) is 12.1 Å². The molecule has 2 heterocycles. The van der Waals surface area contributed by atoms with Gasteiger partial charge in [0.1, 0.15) is 10.0 Å². The lowest BCUT2D eigenvalue weighted by Gasteiger charge is -2.14. The molecule has 2 aromatic heterocycles. The molecule has 0 fully saturated rings. The van der Waals surface area contributed by atoms with Crippen LogP contribution in [0.4, 0.5) is 5.00 Å². The molecule has 4 rings (SSSR count). The minimum absolute atomic E-state index is 0.261. The summed E-state index contributed by atoms with van der Waals surface area (Å²) < 4.78 is 11.5. The summed E-state index contributed by atoms with van der Waals surface area (Å²) in [6.07, 6.45) is 6.27. The lowest BCUT2D eigenvalue weighted by atomic mass is 9.95. The number of amides is 1. The number of hydrogen-bond acceptors (Lipinski definition) is 8. The Labute approximate surface area is 199 Å². The fraction of sp³-hybridized carbons (Fsp3) is 0.333. The predicted octanol–water partition coefficient (Wildman–Crippen LogP) is 5.00. The van der Waals surface area contributed by atoms with Crippen LogP contribution in [0.1, 0.15) is 52.5 Å². The molecule has 9 heteroatoms. The summed E-state index contributed by atoms with van der Waals surface area (Å²) in [4.78, 5) is 42.7. The van der Waals surface area contributed by atoms with Crippen LogP contribution in [0.15, 0.2) is 30.3 Å². The van der Waals surface area contributed by atoms with Gasteiger partial charge in [0, 0.05) is 11.0 Å². The molecule has 0 saturated carbocycles. The van der Waals surface area contributed by atoms with Crippen molar-refractivity contribution >= 4 is 61.8 Å². The van der Waals surface area contributed by atoms with Crippen molar-refractivity contribution in [2.45, 2.75) is 45.6 Å². The molecule has 33 heavy (non-hydrogen) atoms. The van der Waals surface area contributed by atoms with Gasteiger partial charge in [0.15, 0.2) is 6.61 Å². The Morgan fingerprint density at radius 3 is 2.73 bits per heavy atom. The first kappa shape index (κ1) is 23.1. The SMILES string of the molecule is CC(C)OC(=O)c1c(NC(=O)COC(=O)/C=C/c2nc3ccccc3s2)sc2c1CCCC2. The molecular weight excluding hydrogens is 460 g/mol. The first-order valence-corrected chi connectivity index (χ1v) is 12.4. The standard InChI is InChI=1S/C24H24N2O5S2/c1-14(2)31-24(29)22-15-7-3-5-9-17(15)33-23(22)26-19(27)13-30-21(28)12-11-20-25-16-8-4-6-10-18(16)32-20/h4,6,8,10-12,14H,3,5,7,9,13H2,1-2H3,(H,26,27)/b12-11+. The molecule has 0 radical (unpaired) electrons. The number of fused-ring (bicyclic) bond motifs is 2. The Morgan fingerprint density at radius 2 is 1.94 bits per heavy atom. The van der Waals surface area contributed by atoms with Crippen LogP contribution in [-0.4, -0.2) is 35.5 Å². The fourth-order valence-corrected chi connectivity index (χ4v) is 5.75. The van der Waals surface area contributed by atoms with Crippen molar-refractivity contribution in [1.82, 2.24) is 4.98 Å². The summed E-state index contributed by atoms with van der Waals surface area (Å²) in [5, 5.41) is 3.87. The Hall–Kier alpha value is -3.04. The van der Waals surface area contributed by atoms with Gasteiger partial charge in [-0.05, 0) is 63.3 Å². The number of para-hydroxylation sites is 1. The molecule has 0 atom stereocenters. The van der Waals surface area contributed by atoms with E-state index < -0.39 is 24.5 Å². The van der Waals surface area contributed by atoms with E-state index in [0.29, 0.717) is 15.6 Å². The molecule has 3 aromatic rings. The fourth-order valence-electron chi connectivity index (χ4n) is 3.59. The number of hydrogen-bond donors (Lipinski definition) is 1. The van der Waals surface area contributed by atoms with E-state index in [9.17, 15) is 14.4 Å². The van der Waals surface area contributed by atoms with Crippen LogP contribution in [0.25, 0.3) is 16.3 Å². The van der Waals surface area contributed by atoms with Crippen molar-refractivity contribution in [2.75, 3.05) is 11.9 Å². The molecule has 1 N–H and O–H groups in total. The van der Waals surface area contributed by atoms with Gasteiger partial charge in [0.25, 0.3) is 5.91 Å². The Kier molecular flexibility index (Phi) is 7.20. The molecule has 1 amide bonds. The minimum atomic E-state index is -0.644. The number of esters is 2. The summed E-state index contributed by atoms with van der Waals surface area (Å²) in [6.45, 7) is 3.12. The van der Waals surface area contributed by atoms with Crippen molar-refractivity contribution in [1.29, 1.82) is 0 Å². The van der Waals surface area contributed by atoms with Gasteiger partial charge in [-0.15, -0.1) is 22.7 Å². The van der Waals surface area contributed by atoms with Crippen LogP contribution < -0.4 is 5.32 Å². The molecule has 7 nitrogen and oxygen atoms in total. The molecule has 172 valence electrons. The van der Waals surface area contributed by atoms with Crippen LogP contribution >= 0.6 is 22.7 Å². The van der Waals surface area contributed by atoms with Gasteiger partial charge in [-0.25, -0.2) is 14.6 Å². The van der Waals surface area contributed by atoms with E-state index in [1.165, 1.54) is 28.7 Å². The summed E-state index contributed by atoms with van der Waals surface area (Å²) in [6, 6.07) is 7.69. The number of aromatic nitrogens is 1. The van der Waals surface area contributed by atoms with Crippen molar-refractivity contribution in [2.24, 2.45) is 0 Å². The van der Waals surface area contributed by atoms with Crippen molar-refractivity contribution in [3.05, 3.63) is 51.4 Å². The number of anilines is 1. The number of carbonyl (C=O) groups is 3. The number of ether oxygens (including phenoxy) is 2. The second-order valence-corrected chi connectivity index (χ2v) is 10.0. The van der Waals surface area contributed by atoms with E-state index in [4.69, 9.17) is 9.47 Å². The lowest BCUT2D eigenvalue weighted by molar-refractivity contribution is -0.142. The highest BCUT2D eigenvalue weighted by Crippen LogP contribution is 2.38. The summed E-state index contributed by atoms with van der Waals surface area (Å²) in [5.41, 5.74) is 2.25. The molecular formula is C24H24N2O5S2. The maximum atomic E-state index is 12.7. The van der Waals surface area contributed by atoms with E-state index >= 15 is 0 Å². The number of nitrogens with zero attached hydrogens (tertiary/aromatic N) is 1. The quantitative estimate of drug-likeness (QED) is 0.375. The van der Waals surface area contributed by atoms with E-state index in [2.05, 4.69) is 10.3 Å². The molecule has 1 aliphatic carbocycles. The van der Waals surface area contributed by atoms with Gasteiger partial charge in [0.05, 0.1) is 21.9 Å². The number of thiazole rings is 1. The van der Waals surface area contributed by atoms with E-state index in [1.807, 2.05) is 24.3 Å². The maximum absolute atomic E-state index is 12.7. The molecule has 0 saturated heterocycles. The van der Waals surface area contributed by atoms with Crippen LogP contribution in [0.5, 0.6) is 0 Å². The van der Waals surface area contributed by atoms with Crippen molar-refractivity contribution < 1.29 is 23.9 Å². The molecule has 0 unspecified atom stereocenters. The topological polar surface area (TPSA) is 94.6 Å². The summed E-state index contributed by atoms with van der Waals surface area (Å²) in [5.74, 6) is -1.58. The number of carbonyl (C=O) groups excluding carboxylic acids is 3. The number of benzene rings is 1. The molecule has 0 spiro atoms. The second-order valence-electron chi connectivity index (χ2n) is 7.88. The second kappa shape index (κ2) is 10.3. The third kappa shape index (κ3) is 5.66. The highest BCUT2D eigenvalue weighted by atomic mass is 32.1. The maximum Gasteiger partial charge on any atom is 0.341 e. The highest BCUT2D eigenvalue weighted by molar-refractivity contribution is 7.19. The number of nitrogens with one attached hydrogen (secondary N) is 1. The first-order chi connectivity index (χ1) is 15.9. The molecule has 0 bridgehead atoms. The van der Waals surface area contributed by atoms with Gasteiger partial charge in [-0.2, -0.15) is 0 Å². The van der Waals surface area contributed by atoms with Crippen LogP contribution in [0.2, 0.25) is 0 Å². The molecule has 1 aromatic carbocycles. The van der Waals surface area contributed by atoms with E-state index in [0.717, 1.165) is 46.3 Å². The average molecular weight is 485 g/mol. The molecule has 0 aliphatic heterocycles. The Bertz CT molecular complexity index is 1190. The first-order valence-electron chi connectivity index (χ1n) is 10.8. The monoisotopic (exact) mass is 484 g/mol. The van der Waals surface area contributed by atoms with Crippen molar-refractivity contribution in [3.63, 3.8) is 0 Å². The van der Waals surface area contributed by atoms with Gasteiger partial charge in [-0.3, -0.25) is 4.79 Å². The van der Waals surface area contributed by atoms with Crippen molar-refractivity contribution in [3.8, 4) is 0 Å². The Morgan fingerprint density at radius 1 is 1.15 bits per heavy atom. The summed E-state index contributed by atoms with van der Waals surface area (Å²) in [7, 11) is 0. The largest absolute Gasteiger partial charge is 0.459 e. The smallest absolute Gasteiger partial charge is 0.341 e. The average Bonchev–Trinajstić information content (AvgIpc) is 3.36.